The Morgan fingerprint density at radius 1 is 1.25 bits per heavy atom. The highest BCUT2D eigenvalue weighted by molar-refractivity contribution is 5.92. The van der Waals surface area contributed by atoms with Crippen LogP contribution in [0.2, 0.25) is 0 Å². The monoisotopic (exact) mass is 401 g/mol. The van der Waals surface area contributed by atoms with Crippen molar-refractivity contribution in [1.29, 1.82) is 0 Å². The molecule has 28 heavy (non-hydrogen) atoms. The van der Waals surface area contributed by atoms with Gasteiger partial charge in [-0.2, -0.15) is 5.10 Å². The van der Waals surface area contributed by atoms with Gasteiger partial charge in [0.25, 0.3) is 5.91 Å². The van der Waals surface area contributed by atoms with Gasteiger partial charge in [0.05, 0.1) is 24.0 Å². The van der Waals surface area contributed by atoms with Crippen molar-refractivity contribution >= 4 is 18.3 Å². The Balaban J connectivity index is 0.00000225. The number of hydrogen-bond acceptors (Lipinski definition) is 5. The second kappa shape index (κ2) is 8.99. The summed E-state index contributed by atoms with van der Waals surface area (Å²) in [5.41, 5.74) is 2.27. The molecule has 3 heterocycles. The predicted molar refractivity (Wildman–Crippen MR) is 108 cm³/mol. The first kappa shape index (κ1) is 20.0. The number of piperidine rings is 1. The van der Waals surface area contributed by atoms with E-state index in [2.05, 4.69) is 26.0 Å². The fourth-order valence-corrected chi connectivity index (χ4v) is 3.45. The van der Waals surface area contributed by atoms with E-state index >= 15 is 0 Å². The Hall–Kier alpha value is -2.71. The van der Waals surface area contributed by atoms with Gasteiger partial charge in [0.15, 0.2) is 5.69 Å². The molecule has 1 aliphatic heterocycles. The van der Waals surface area contributed by atoms with E-state index in [1.807, 2.05) is 48.1 Å². The van der Waals surface area contributed by atoms with E-state index in [4.69, 9.17) is 0 Å². The molecule has 2 N–H and O–H groups in total. The zero-order chi connectivity index (χ0) is 18.6. The maximum Gasteiger partial charge on any atom is 0.273 e. The van der Waals surface area contributed by atoms with Gasteiger partial charge in [-0.1, -0.05) is 23.4 Å². The highest BCUT2D eigenvalue weighted by atomic mass is 35.5. The van der Waals surface area contributed by atoms with Crippen LogP contribution < -0.4 is 10.6 Å². The van der Waals surface area contributed by atoms with E-state index in [0.717, 1.165) is 37.2 Å². The van der Waals surface area contributed by atoms with Gasteiger partial charge >= 0.3 is 0 Å². The summed E-state index contributed by atoms with van der Waals surface area (Å²) in [6.45, 7) is 3.89. The second-order valence-corrected chi connectivity index (χ2v) is 6.77. The van der Waals surface area contributed by atoms with Crippen LogP contribution in [0.1, 0.15) is 47.9 Å². The summed E-state index contributed by atoms with van der Waals surface area (Å²) < 4.78 is 3.61. The minimum Gasteiger partial charge on any atom is -0.344 e. The van der Waals surface area contributed by atoms with Gasteiger partial charge in [-0.15, -0.1) is 17.5 Å². The third-order valence-corrected chi connectivity index (χ3v) is 4.93. The maximum atomic E-state index is 12.7. The molecule has 0 spiro atoms. The van der Waals surface area contributed by atoms with Crippen LogP contribution in [0.4, 0.5) is 0 Å². The molecule has 148 valence electrons. The van der Waals surface area contributed by atoms with Crippen molar-refractivity contribution in [2.45, 2.75) is 31.8 Å². The number of aromatic nitrogens is 5. The summed E-state index contributed by atoms with van der Waals surface area (Å²) in [6.07, 6.45) is 7.37. The largest absolute Gasteiger partial charge is 0.344 e. The molecule has 0 radical (unpaired) electrons. The lowest BCUT2D eigenvalue weighted by atomic mass is 10.1. The van der Waals surface area contributed by atoms with Crippen LogP contribution in [0.5, 0.6) is 0 Å². The number of rotatable bonds is 5. The van der Waals surface area contributed by atoms with Gasteiger partial charge < -0.3 is 10.6 Å². The van der Waals surface area contributed by atoms with E-state index in [0.29, 0.717) is 11.7 Å². The van der Waals surface area contributed by atoms with Crippen molar-refractivity contribution in [3.63, 3.8) is 0 Å². The topological polar surface area (TPSA) is 89.7 Å². The molecule has 4 rings (SSSR count). The van der Waals surface area contributed by atoms with Crippen molar-refractivity contribution in [3.05, 3.63) is 60.2 Å². The molecule has 1 amide bonds. The number of carbonyl (C=O) groups excluding carboxylic acids is 1. The molecule has 0 saturated carbocycles. The minimum atomic E-state index is -0.224. The summed E-state index contributed by atoms with van der Waals surface area (Å²) in [5, 5.41) is 18.9. The lowest BCUT2D eigenvalue weighted by Gasteiger charge is -2.22. The first-order valence-corrected chi connectivity index (χ1v) is 9.25. The van der Waals surface area contributed by atoms with Crippen LogP contribution in [0.3, 0.4) is 0 Å². The Morgan fingerprint density at radius 2 is 2.04 bits per heavy atom. The van der Waals surface area contributed by atoms with Crippen LogP contribution >= 0.6 is 12.4 Å². The molecule has 1 fully saturated rings. The third-order valence-electron chi connectivity index (χ3n) is 4.93. The Kier molecular flexibility index (Phi) is 6.43. The molecular formula is C19H24ClN7O. The molecule has 1 aromatic carbocycles. The average molecular weight is 402 g/mol. The van der Waals surface area contributed by atoms with Gasteiger partial charge in [-0.05, 0) is 50.6 Å². The molecule has 8 nitrogen and oxygen atoms in total. The Morgan fingerprint density at radius 3 is 2.79 bits per heavy atom. The van der Waals surface area contributed by atoms with E-state index in [9.17, 15) is 4.79 Å². The molecule has 2 aromatic heterocycles. The highest BCUT2D eigenvalue weighted by Crippen LogP contribution is 2.22. The minimum absolute atomic E-state index is 0. The molecule has 1 saturated heterocycles. The Bertz CT molecular complexity index is 903. The fourth-order valence-electron chi connectivity index (χ4n) is 3.45. The number of hydrogen-bond donors (Lipinski definition) is 2. The van der Waals surface area contributed by atoms with Crippen molar-refractivity contribution in [2.24, 2.45) is 0 Å². The number of amides is 1. The lowest BCUT2D eigenvalue weighted by Crippen LogP contribution is -2.29. The van der Waals surface area contributed by atoms with Gasteiger partial charge in [-0.25, -0.2) is 9.36 Å². The first-order chi connectivity index (χ1) is 13.2. The predicted octanol–water partition coefficient (Wildman–Crippen LogP) is 2.30. The number of nitrogens with one attached hydrogen (secondary N) is 2. The summed E-state index contributed by atoms with van der Waals surface area (Å²) in [7, 11) is 0. The number of halogens is 1. The zero-order valence-electron chi connectivity index (χ0n) is 15.7. The van der Waals surface area contributed by atoms with Gasteiger partial charge in [-0.3, -0.25) is 4.79 Å². The lowest BCUT2D eigenvalue weighted by molar-refractivity contribution is 0.0934. The maximum absolute atomic E-state index is 12.7. The molecule has 1 aliphatic rings. The van der Waals surface area contributed by atoms with Crippen LogP contribution in [-0.2, 0) is 0 Å². The summed E-state index contributed by atoms with van der Waals surface area (Å²) in [4.78, 5) is 12.7. The van der Waals surface area contributed by atoms with Gasteiger partial charge in [0.1, 0.15) is 0 Å². The quantitative estimate of drug-likeness (QED) is 0.684. The van der Waals surface area contributed by atoms with E-state index < -0.39 is 0 Å². The molecule has 0 aliphatic carbocycles. The standard InChI is InChI=1S/C19H23N7O.ClH/c1-14(16-5-2-3-6-18(16)25-12-4-9-21-25)22-19(27)17-13-26(24-23-17)15-7-10-20-11-8-15;/h2-6,9,12-15,20H,7-8,10-11H2,1H3,(H,22,27);1H. The van der Waals surface area contributed by atoms with Crippen LogP contribution in [0, 0.1) is 0 Å². The molecule has 3 aromatic rings. The van der Waals surface area contributed by atoms with E-state index in [1.165, 1.54) is 0 Å². The molecule has 1 unspecified atom stereocenters. The van der Waals surface area contributed by atoms with Crippen LogP contribution in [-0.4, -0.2) is 43.8 Å². The number of para-hydroxylation sites is 1. The summed E-state index contributed by atoms with van der Waals surface area (Å²) in [5.74, 6) is -0.224. The van der Waals surface area contributed by atoms with Crippen molar-refractivity contribution in [3.8, 4) is 5.69 Å². The third kappa shape index (κ3) is 4.23. The average Bonchev–Trinajstić information content (AvgIpc) is 3.41. The molecular weight excluding hydrogens is 378 g/mol. The van der Waals surface area contributed by atoms with E-state index in [-0.39, 0.29) is 24.4 Å². The van der Waals surface area contributed by atoms with Crippen molar-refractivity contribution in [1.82, 2.24) is 35.4 Å². The summed E-state index contributed by atoms with van der Waals surface area (Å²) in [6, 6.07) is 9.88. The normalized spacial score (nSPS) is 15.6. The fraction of sp³-hybridized carbons (Fsp3) is 0.368. The number of benzene rings is 1. The van der Waals surface area contributed by atoms with E-state index in [1.54, 1.807) is 17.1 Å². The van der Waals surface area contributed by atoms with Crippen molar-refractivity contribution < 1.29 is 4.79 Å². The zero-order valence-corrected chi connectivity index (χ0v) is 16.5. The second-order valence-electron chi connectivity index (χ2n) is 6.77. The van der Waals surface area contributed by atoms with Crippen molar-refractivity contribution in [2.75, 3.05) is 13.1 Å². The molecule has 9 heteroatoms. The smallest absolute Gasteiger partial charge is 0.273 e. The SMILES string of the molecule is CC(NC(=O)c1cn(C2CCNCC2)nn1)c1ccccc1-n1cccn1.Cl. The number of carbonyl (C=O) groups is 1. The highest BCUT2D eigenvalue weighted by Gasteiger charge is 2.20. The summed E-state index contributed by atoms with van der Waals surface area (Å²) >= 11 is 0. The van der Waals surface area contributed by atoms with Crippen LogP contribution in [0.15, 0.2) is 48.9 Å². The first-order valence-electron chi connectivity index (χ1n) is 9.25. The Labute approximate surface area is 169 Å². The molecule has 0 bridgehead atoms. The van der Waals surface area contributed by atoms with Gasteiger partial charge in [0.2, 0.25) is 0 Å². The van der Waals surface area contributed by atoms with Gasteiger partial charge in [0, 0.05) is 12.4 Å². The molecule has 1 atom stereocenters. The number of nitrogens with zero attached hydrogens (tertiary/aromatic N) is 5. The van der Waals surface area contributed by atoms with Crippen LogP contribution in [0.25, 0.3) is 5.69 Å².